The summed E-state index contributed by atoms with van der Waals surface area (Å²) in [6.07, 6.45) is 0. The van der Waals surface area contributed by atoms with Gasteiger partial charge in [0.2, 0.25) is 0 Å². The van der Waals surface area contributed by atoms with Crippen molar-refractivity contribution in [2.75, 3.05) is 11.9 Å². The van der Waals surface area contributed by atoms with Crippen LogP contribution in [0.1, 0.15) is 0 Å². The monoisotopic (exact) mass is 199 g/mol. The lowest BCUT2D eigenvalue weighted by molar-refractivity contribution is 0.400. The third kappa shape index (κ3) is 1.66. The van der Waals surface area contributed by atoms with E-state index in [0.717, 1.165) is 16.5 Å². The first-order chi connectivity index (χ1) is 7.20. The van der Waals surface area contributed by atoms with Crippen LogP contribution < -0.4 is 4.90 Å². The molecule has 0 saturated heterocycles. The van der Waals surface area contributed by atoms with E-state index in [9.17, 15) is 5.11 Å². The lowest BCUT2D eigenvalue weighted by Crippen LogP contribution is -2.15. The van der Waals surface area contributed by atoms with Crippen molar-refractivity contribution in [2.24, 2.45) is 0 Å². The molecule has 0 bridgehead atoms. The maximum absolute atomic E-state index is 9.37. The molecular weight excluding hydrogens is 186 g/mol. The quantitative estimate of drug-likeness (QED) is 0.750. The number of nitrogens with zero attached hydrogens (tertiary/aromatic N) is 1. The summed E-state index contributed by atoms with van der Waals surface area (Å²) in [5, 5.41) is 11.6. The highest BCUT2D eigenvalue weighted by Crippen LogP contribution is 2.26. The minimum Gasteiger partial charge on any atom is -0.495 e. The van der Waals surface area contributed by atoms with Crippen molar-refractivity contribution < 1.29 is 5.11 Å². The van der Waals surface area contributed by atoms with Crippen LogP contribution in [0, 0.1) is 0 Å². The molecule has 76 valence electrons. The molecule has 1 N–H and O–H groups in total. The average molecular weight is 199 g/mol. The van der Waals surface area contributed by atoms with Gasteiger partial charge < -0.3 is 10.0 Å². The fourth-order valence-corrected chi connectivity index (χ4v) is 1.64. The van der Waals surface area contributed by atoms with Crippen molar-refractivity contribution in [1.82, 2.24) is 0 Å². The van der Waals surface area contributed by atoms with Crippen LogP contribution in [0.2, 0.25) is 0 Å². The Morgan fingerprint density at radius 1 is 1.13 bits per heavy atom. The van der Waals surface area contributed by atoms with Crippen LogP contribution in [0.15, 0.2) is 54.9 Å². The second-order valence-corrected chi connectivity index (χ2v) is 3.47. The number of hydrogen-bond acceptors (Lipinski definition) is 2. The van der Waals surface area contributed by atoms with Gasteiger partial charge in [-0.1, -0.05) is 36.4 Å². The van der Waals surface area contributed by atoms with Crippen molar-refractivity contribution in [2.45, 2.75) is 0 Å². The van der Waals surface area contributed by atoms with Gasteiger partial charge in [0.15, 0.2) is 5.88 Å². The van der Waals surface area contributed by atoms with E-state index in [0.29, 0.717) is 0 Å². The Bertz CT molecular complexity index is 499. The van der Waals surface area contributed by atoms with Crippen molar-refractivity contribution in [1.29, 1.82) is 0 Å². The summed E-state index contributed by atoms with van der Waals surface area (Å²) in [4.78, 5) is 1.67. The van der Waals surface area contributed by atoms with E-state index in [1.165, 1.54) is 0 Å². The van der Waals surface area contributed by atoms with Crippen LogP contribution >= 0.6 is 0 Å². The fourth-order valence-electron chi connectivity index (χ4n) is 1.64. The van der Waals surface area contributed by atoms with E-state index in [1.54, 1.807) is 11.9 Å². The Kier molecular flexibility index (Phi) is 2.34. The van der Waals surface area contributed by atoms with E-state index in [1.807, 2.05) is 42.5 Å². The molecule has 0 fully saturated rings. The van der Waals surface area contributed by atoms with Gasteiger partial charge >= 0.3 is 0 Å². The molecule has 2 nitrogen and oxygen atoms in total. The predicted molar refractivity (Wildman–Crippen MR) is 64.1 cm³/mol. The topological polar surface area (TPSA) is 23.5 Å². The Labute approximate surface area is 89.1 Å². The largest absolute Gasteiger partial charge is 0.495 e. The van der Waals surface area contributed by atoms with Crippen molar-refractivity contribution in [3.63, 3.8) is 0 Å². The molecule has 0 radical (unpaired) electrons. The molecule has 2 aromatic rings. The van der Waals surface area contributed by atoms with Gasteiger partial charge in [-0.3, -0.25) is 0 Å². The first-order valence-corrected chi connectivity index (χ1v) is 4.79. The molecule has 0 aliphatic carbocycles. The molecular formula is C13H13NO. The molecule has 0 aliphatic heterocycles. The molecule has 0 aliphatic rings. The van der Waals surface area contributed by atoms with Gasteiger partial charge in [-0.15, -0.1) is 0 Å². The number of rotatable bonds is 2. The SMILES string of the molecule is C=C(O)N(C)c1cccc2ccccc12. The average Bonchev–Trinajstić information content (AvgIpc) is 2.27. The highest BCUT2D eigenvalue weighted by atomic mass is 16.3. The lowest BCUT2D eigenvalue weighted by Gasteiger charge is -2.19. The van der Waals surface area contributed by atoms with E-state index in [-0.39, 0.29) is 5.88 Å². The van der Waals surface area contributed by atoms with Gasteiger partial charge in [0.25, 0.3) is 0 Å². The van der Waals surface area contributed by atoms with E-state index in [2.05, 4.69) is 6.58 Å². The summed E-state index contributed by atoms with van der Waals surface area (Å²) in [5.74, 6) is 0.0475. The summed E-state index contributed by atoms with van der Waals surface area (Å²) in [6, 6.07) is 14.0. The van der Waals surface area contributed by atoms with Gasteiger partial charge in [0.1, 0.15) is 0 Å². The second kappa shape index (κ2) is 3.65. The lowest BCUT2D eigenvalue weighted by atomic mass is 10.1. The zero-order valence-corrected chi connectivity index (χ0v) is 8.64. The predicted octanol–water partition coefficient (Wildman–Crippen LogP) is 3.31. The Hall–Kier alpha value is -1.96. The van der Waals surface area contributed by atoms with Crippen LogP contribution in [-0.4, -0.2) is 12.2 Å². The van der Waals surface area contributed by atoms with Gasteiger partial charge in [-0.05, 0) is 18.0 Å². The first-order valence-electron chi connectivity index (χ1n) is 4.79. The molecule has 0 atom stereocenters. The molecule has 0 saturated carbocycles. The minimum absolute atomic E-state index is 0.0475. The molecule has 0 heterocycles. The molecule has 0 unspecified atom stereocenters. The smallest absolute Gasteiger partial charge is 0.183 e. The highest BCUT2D eigenvalue weighted by molar-refractivity contribution is 5.94. The summed E-state index contributed by atoms with van der Waals surface area (Å²) < 4.78 is 0. The summed E-state index contributed by atoms with van der Waals surface area (Å²) in [6.45, 7) is 3.52. The number of aliphatic hydroxyl groups excluding tert-OH is 1. The number of hydrogen-bond donors (Lipinski definition) is 1. The third-order valence-electron chi connectivity index (χ3n) is 2.52. The molecule has 0 aromatic heterocycles. The van der Waals surface area contributed by atoms with Gasteiger partial charge in [0.05, 0.1) is 5.69 Å². The first kappa shape index (κ1) is 9.59. The number of aliphatic hydroxyl groups is 1. The fraction of sp³-hybridized carbons (Fsp3) is 0.0769. The molecule has 2 heteroatoms. The molecule has 0 spiro atoms. The van der Waals surface area contributed by atoms with Crippen molar-refractivity contribution >= 4 is 16.5 Å². The highest BCUT2D eigenvalue weighted by Gasteiger charge is 2.06. The van der Waals surface area contributed by atoms with Gasteiger partial charge in [0, 0.05) is 12.4 Å². The van der Waals surface area contributed by atoms with E-state index >= 15 is 0 Å². The zero-order chi connectivity index (χ0) is 10.8. The van der Waals surface area contributed by atoms with Crippen LogP contribution in [0.4, 0.5) is 5.69 Å². The maximum atomic E-state index is 9.37. The number of anilines is 1. The molecule has 2 rings (SSSR count). The number of benzene rings is 2. The van der Waals surface area contributed by atoms with Gasteiger partial charge in [-0.2, -0.15) is 0 Å². The second-order valence-electron chi connectivity index (χ2n) is 3.47. The Morgan fingerprint density at radius 2 is 1.80 bits per heavy atom. The summed E-state index contributed by atoms with van der Waals surface area (Å²) in [5.41, 5.74) is 0.959. The minimum atomic E-state index is 0.0475. The standard InChI is InChI=1S/C13H13NO/c1-10(15)14(2)13-9-5-7-11-6-3-4-8-12(11)13/h3-9,15H,1H2,2H3. The molecule has 2 aromatic carbocycles. The van der Waals surface area contributed by atoms with Crippen LogP contribution in [0.3, 0.4) is 0 Å². The van der Waals surface area contributed by atoms with Crippen LogP contribution in [0.25, 0.3) is 10.8 Å². The van der Waals surface area contributed by atoms with Gasteiger partial charge in [-0.25, -0.2) is 0 Å². The van der Waals surface area contributed by atoms with E-state index < -0.39 is 0 Å². The van der Waals surface area contributed by atoms with Crippen molar-refractivity contribution in [3.8, 4) is 0 Å². The van der Waals surface area contributed by atoms with Crippen molar-refractivity contribution in [3.05, 3.63) is 54.9 Å². The normalized spacial score (nSPS) is 10.2. The Balaban J connectivity index is 2.65. The summed E-state index contributed by atoms with van der Waals surface area (Å²) >= 11 is 0. The number of fused-ring (bicyclic) bond motifs is 1. The third-order valence-corrected chi connectivity index (χ3v) is 2.52. The zero-order valence-electron chi connectivity index (χ0n) is 8.64. The summed E-state index contributed by atoms with van der Waals surface area (Å²) in [7, 11) is 1.80. The maximum Gasteiger partial charge on any atom is 0.183 e. The Morgan fingerprint density at radius 3 is 2.53 bits per heavy atom. The molecule has 15 heavy (non-hydrogen) atoms. The van der Waals surface area contributed by atoms with Crippen LogP contribution in [-0.2, 0) is 0 Å². The molecule has 0 amide bonds. The van der Waals surface area contributed by atoms with Crippen LogP contribution in [0.5, 0.6) is 0 Å². The van der Waals surface area contributed by atoms with E-state index in [4.69, 9.17) is 0 Å².